The standard InChI is InChI=1S/C20H19F3N6O2/c1-12-24-3-4-29(12)16-10-15(25-11-26-16)27-5-7-28(8-6-27)20(30)13-9-14(21)18(23)19(31-2)17(13)22/h3-4,9-11H,5-8H2,1-2H3. The van der Waals surface area contributed by atoms with Crippen LogP contribution < -0.4 is 9.64 Å². The highest BCUT2D eigenvalue weighted by molar-refractivity contribution is 5.95. The molecule has 11 heteroatoms. The predicted octanol–water partition coefficient (Wildman–Crippen LogP) is 2.36. The molecule has 162 valence electrons. The SMILES string of the molecule is COc1c(F)c(F)cc(C(=O)N2CCN(c3cc(-n4ccnc4C)ncn3)CC2)c1F. The fraction of sp³-hybridized carbons (Fsp3) is 0.300. The summed E-state index contributed by atoms with van der Waals surface area (Å²) < 4.78 is 48.3. The summed E-state index contributed by atoms with van der Waals surface area (Å²) in [6, 6.07) is 2.37. The van der Waals surface area contributed by atoms with Crippen molar-refractivity contribution in [1.82, 2.24) is 24.4 Å². The average molecular weight is 432 g/mol. The van der Waals surface area contributed by atoms with Crippen LogP contribution in [0.25, 0.3) is 5.82 Å². The van der Waals surface area contributed by atoms with Crippen molar-refractivity contribution in [3.63, 3.8) is 0 Å². The fourth-order valence-electron chi connectivity index (χ4n) is 3.49. The molecular weight excluding hydrogens is 413 g/mol. The van der Waals surface area contributed by atoms with Gasteiger partial charge in [-0.1, -0.05) is 0 Å². The first-order valence-electron chi connectivity index (χ1n) is 9.48. The third-order valence-electron chi connectivity index (χ3n) is 5.15. The Kier molecular flexibility index (Phi) is 5.49. The van der Waals surface area contributed by atoms with E-state index in [9.17, 15) is 18.0 Å². The molecule has 0 N–H and O–H groups in total. The number of hydrogen-bond donors (Lipinski definition) is 0. The third-order valence-corrected chi connectivity index (χ3v) is 5.15. The Labute approximate surface area is 175 Å². The normalized spacial score (nSPS) is 14.1. The molecule has 1 aliphatic rings. The number of rotatable bonds is 4. The van der Waals surface area contributed by atoms with Crippen LogP contribution in [0.1, 0.15) is 16.2 Å². The number of ether oxygens (including phenoxy) is 1. The van der Waals surface area contributed by atoms with Gasteiger partial charge in [-0.25, -0.2) is 23.7 Å². The third kappa shape index (κ3) is 3.78. The number of piperazine rings is 1. The predicted molar refractivity (Wildman–Crippen MR) is 105 cm³/mol. The molecule has 4 rings (SSSR count). The van der Waals surface area contributed by atoms with Crippen LogP contribution in [0, 0.1) is 24.4 Å². The van der Waals surface area contributed by atoms with Gasteiger partial charge in [0.25, 0.3) is 5.91 Å². The topological polar surface area (TPSA) is 76.4 Å². The average Bonchev–Trinajstić information content (AvgIpc) is 3.22. The molecule has 0 saturated carbocycles. The summed E-state index contributed by atoms with van der Waals surface area (Å²) in [5, 5.41) is 0. The number of aromatic nitrogens is 4. The molecule has 0 radical (unpaired) electrons. The van der Waals surface area contributed by atoms with Gasteiger partial charge in [-0.2, -0.15) is 4.39 Å². The Hall–Kier alpha value is -3.63. The summed E-state index contributed by atoms with van der Waals surface area (Å²) in [5.74, 6) is -3.55. The summed E-state index contributed by atoms with van der Waals surface area (Å²) in [6.07, 6.45) is 4.92. The number of halogens is 3. The lowest BCUT2D eigenvalue weighted by Crippen LogP contribution is -2.49. The molecule has 31 heavy (non-hydrogen) atoms. The van der Waals surface area contributed by atoms with Crippen LogP contribution in [0.2, 0.25) is 0 Å². The maximum Gasteiger partial charge on any atom is 0.257 e. The summed E-state index contributed by atoms with van der Waals surface area (Å²) in [7, 11) is 1.01. The lowest BCUT2D eigenvalue weighted by molar-refractivity contribution is 0.0740. The number of aryl methyl sites for hydroxylation is 1. The van der Waals surface area contributed by atoms with Crippen molar-refractivity contribution in [2.75, 3.05) is 38.2 Å². The lowest BCUT2D eigenvalue weighted by Gasteiger charge is -2.35. The number of hydrogen-bond acceptors (Lipinski definition) is 6. The number of methoxy groups -OCH3 is 1. The van der Waals surface area contributed by atoms with E-state index in [1.54, 1.807) is 12.4 Å². The molecule has 3 heterocycles. The van der Waals surface area contributed by atoms with Crippen molar-refractivity contribution >= 4 is 11.7 Å². The van der Waals surface area contributed by atoms with Crippen LogP contribution >= 0.6 is 0 Å². The van der Waals surface area contributed by atoms with Crippen LogP contribution in [-0.4, -0.2) is 63.6 Å². The number of anilines is 1. The number of carbonyl (C=O) groups excluding carboxylic acids is 1. The monoisotopic (exact) mass is 432 g/mol. The van der Waals surface area contributed by atoms with Gasteiger partial charge in [-0.3, -0.25) is 9.36 Å². The van der Waals surface area contributed by atoms with E-state index in [4.69, 9.17) is 0 Å². The molecule has 1 aromatic carbocycles. The van der Waals surface area contributed by atoms with Crippen molar-refractivity contribution < 1.29 is 22.7 Å². The summed E-state index contributed by atoms with van der Waals surface area (Å²) >= 11 is 0. The zero-order chi connectivity index (χ0) is 22.1. The van der Waals surface area contributed by atoms with Crippen LogP contribution in [0.4, 0.5) is 19.0 Å². The van der Waals surface area contributed by atoms with E-state index in [-0.39, 0.29) is 13.1 Å². The Morgan fingerprint density at radius 1 is 1.00 bits per heavy atom. The number of carbonyl (C=O) groups is 1. The zero-order valence-corrected chi connectivity index (χ0v) is 16.8. The first-order chi connectivity index (χ1) is 14.9. The number of nitrogens with zero attached hydrogens (tertiary/aromatic N) is 6. The van der Waals surface area contributed by atoms with Gasteiger partial charge in [0.1, 0.15) is 23.8 Å². The zero-order valence-electron chi connectivity index (χ0n) is 16.8. The molecule has 1 saturated heterocycles. The summed E-state index contributed by atoms with van der Waals surface area (Å²) in [6.45, 7) is 3.21. The Morgan fingerprint density at radius 2 is 1.71 bits per heavy atom. The Morgan fingerprint density at radius 3 is 2.35 bits per heavy atom. The molecular formula is C20H19F3N6O2. The Balaban J connectivity index is 1.49. The first kappa shape index (κ1) is 20.6. The van der Waals surface area contributed by atoms with E-state index in [1.807, 2.05) is 22.5 Å². The molecule has 1 fully saturated rings. The highest BCUT2D eigenvalue weighted by Crippen LogP contribution is 2.28. The van der Waals surface area contributed by atoms with Crippen molar-refractivity contribution in [3.05, 3.63) is 59.7 Å². The van der Waals surface area contributed by atoms with Crippen molar-refractivity contribution in [2.45, 2.75) is 6.92 Å². The first-order valence-corrected chi connectivity index (χ1v) is 9.48. The molecule has 1 aliphatic heterocycles. The second-order valence-electron chi connectivity index (χ2n) is 6.93. The molecule has 0 atom stereocenters. The molecule has 8 nitrogen and oxygen atoms in total. The van der Waals surface area contributed by atoms with E-state index in [0.29, 0.717) is 30.8 Å². The van der Waals surface area contributed by atoms with Gasteiger partial charge in [0.2, 0.25) is 5.82 Å². The van der Waals surface area contributed by atoms with Crippen molar-refractivity contribution in [1.29, 1.82) is 0 Å². The number of benzene rings is 1. The molecule has 0 bridgehead atoms. The van der Waals surface area contributed by atoms with E-state index >= 15 is 0 Å². The number of imidazole rings is 1. The van der Waals surface area contributed by atoms with Crippen molar-refractivity contribution in [2.24, 2.45) is 0 Å². The second kappa shape index (κ2) is 8.25. The lowest BCUT2D eigenvalue weighted by atomic mass is 10.1. The molecule has 0 unspecified atom stereocenters. The minimum atomic E-state index is -1.46. The molecule has 0 spiro atoms. The van der Waals surface area contributed by atoms with Crippen LogP contribution in [-0.2, 0) is 0 Å². The minimum absolute atomic E-state index is 0.253. The van der Waals surface area contributed by atoms with E-state index in [2.05, 4.69) is 19.7 Å². The van der Waals surface area contributed by atoms with Gasteiger partial charge >= 0.3 is 0 Å². The van der Waals surface area contributed by atoms with E-state index in [0.717, 1.165) is 12.9 Å². The highest BCUT2D eigenvalue weighted by atomic mass is 19.2. The van der Waals surface area contributed by atoms with Gasteiger partial charge in [-0.15, -0.1) is 0 Å². The largest absolute Gasteiger partial charge is 0.491 e. The highest BCUT2D eigenvalue weighted by Gasteiger charge is 2.29. The van der Waals surface area contributed by atoms with E-state index < -0.39 is 34.7 Å². The van der Waals surface area contributed by atoms with Gasteiger partial charge in [0, 0.05) is 44.6 Å². The molecule has 0 aliphatic carbocycles. The van der Waals surface area contributed by atoms with Gasteiger partial charge in [0.05, 0.1) is 12.7 Å². The van der Waals surface area contributed by atoms with Gasteiger partial charge in [0.15, 0.2) is 17.4 Å². The van der Waals surface area contributed by atoms with Crippen LogP contribution in [0.5, 0.6) is 5.75 Å². The van der Waals surface area contributed by atoms with Crippen LogP contribution in [0.3, 0.4) is 0 Å². The van der Waals surface area contributed by atoms with E-state index in [1.165, 1.54) is 11.2 Å². The maximum absolute atomic E-state index is 14.5. The maximum atomic E-state index is 14.5. The Bertz CT molecular complexity index is 1130. The molecule has 1 amide bonds. The fourth-order valence-corrected chi connectivity index (χ4v) is 3.49. The summed E-state index contributed by atoms with van der Waals surface area (Å²) in [4.78, 5) is 28.8. The summed E-state index contributed by atoms with van der Waals surface area (Å²) in [5.41, 5.74) is -0.566. The number of amides is 1. The molecule has 3 aromatic rings. The van der Waals surface area contributed by atoms with Crippen LogP contribution in [0.15, 0.2) is 30.9 Å². The smallest absolute Gasteiger partial charge is 0.257 e. The van der Waals surface area contributed by atoms with Gasteiger partial charge in [-0.05, 0) is 13.0 Å². The second-order valence-corrected chi connectivity index (χ2v) is 6.93. The van der Waals surface area contributed by atoms with Crippen molar-refractivity contribution in [3.8, 4) is 11.6 Å². The molecule has 2 aromatic heterocycles. The quantitative estimate of drug-likeness (QED) is 0.590. The minimum Gasteiger partial charge on any atom is -0.491 e. The van der Waals surface area contributed by atoms with Gasteiger partial charge < -0.3 is 14.5 Å².